The number of aryl methyl sites for hydroxylation is 2. The van der Waals surface area contributed by atoms with Crippen molar-refractivity contribution in [2.75, 3.05) is 6.54 Å². The Labute approximate surface area is 148 Å². The highest BCUT2D eigenvalue weighted by Gasteiger charge is 2.49. The Balaban J connectivity index is 1.63. The lowest BCUT2D eigenvalue weighted by molar-refractivity contribution is -0.141. The van der Waals surface area contributed by atoms with Crippen LogP contribution in [0, 0.1) is 0 Å². The van der Waals surface area contributed by atoms with Crippen molar-refractivity contribution in [1.29, 1.82) is 0 Å². The zero-order chi connectivity index (χ0) is 17.7. The van der Waals surface area contributed by atoms with Crippen molar-refractivity contribution in [2.24, 2.45) is 5.73 Å². The van der Waals surface area contributed by atoms with Gasteiger partial charge >= 0.3 is 0 Å². The Hall–Kier alpha value is -2.28. The maximum atomic E-state index is 12.2. The van der Waals surface area contributed by atoms with E-state index in [9.17, 15) is 4.79 Å². The van der Waals surface area contributed by atoms with Crippen molar-refractivity contribution in [1.82, 2.24) is 24.4 Å². The number of imidazole rings is 1. The first-order valence-corrected chi connectivity index (χ1v) is 8.95. The summed E-state index contributed by atoms with van der Waals surface area (Å²) in [6, 6.07) is 0. The third kappa shape index (κ3) is 3.71. The fourth-order valence-electron chi connectivity index (χ4n) is 3.58. The van der Waals surface area contributed by atoms with Crippen molar-refractivity contribution < 1.29 is 4.79 Å². The zero-order valence-electron chi connectivity index (χ0n) is 14.8. The van der Waals surface area contributed by atoms with Gasteiger partial charge in [0.15, 0.2) is 0 Å². The summed E-state index contributed by atoms with van der Waals surface area (Å²) >= 11 is 0. The Morgan fingerprint density at radius 3 is 2.84 bits per heavy atom. The Morgan fingerprint density at radius 1 is 1.32 bits per heavy atom. The van der Waals surface area contributed by atoms with Crippen LogP contribution in [0.25, 0.3) is 0 Å². The van der Waals surface area contributed by atoms with Gasteiger partial charge in [-0.1, -0.05) is 6.92 Å². The van der Waals surface area contributed by atoms with Gasteiger partial charge in [-0.15, -0.1) is 0 Å². The molecule has 0 aromatic carbocycles. The lowest BCUT2D eigenvalue weighted by atomic mass is 9.79. The molecule has 3 rings (SSSR count). The van der Waals surface area contributed by atoms with Gasteiger partial charge in [0.05, 0.1) is 12.2 Å². The maximum Gasteiger partial charge on any atom is 0.238 e. The van der Waals surface area contributed by atoms with Gasteiger partial charge < -0.3 is 10.3 Å². The van der Waals surface area contributed by atoms with E-state index >= 15 is 0 Å². The van der Waals surface area contributed by atoms with Gasteiger partial charge in [0.2, 0.25) is 5.91 Å². The highest BCUT2D eigenvalue weighted by Crippen LogP contribution is 2.36. The Bertz CT molecular complexity index is 701. The molecule has 1 saturated heterocycles. The average molecular weight is 342 g/mol. The van der Waals surface area contributed by atoms with Crippen LogP contribution in [0.3, 0.4) is 0 Å². The molecule has 1 atom stereocenters. The number of carbonyl (C=O) groups excluding carboxylic acids is 1. The van der Waals surface area contributed by atoms with E-state index < -0.39 is 5.54 Å². The molecule has 1 amide bonds. The van der Waals surface area contributed by atoms with Gasteiger partial charge in [-0.25, -0.2) is 4.98 Å². The molecule has 1 aliphatic heterocycles. The second-order valence-corrected chi connectivity index (χ2v) is 6.65. The molecule has 1 fully saturated rings. The summed E-state index contributed by atoms with van der Waals surface area (Å²) in [6.45, 7) is 4.64. The van der Waals surface area contributed by atoms with Crippen LogP contribution in [-0.2, 0) is 24.3 Å². The quantitative estimate of drug-likeness (QED) is 0.746. The van der Waals surface area contributed by atoms with Gasteiger partial charge in [-0.05, 0) is 32.1 Å². The molecule has 25 heavy (non-hydrogen) atoms. The first-order valence-electron chi connectivity index (χ1n) is 8.95. The molecule has 0 radical (unpaired) electrons. The topological polar surface area (TPSA) is 89.9 Å². The van der Waals surface area contributed by atoms with E-state index in [4.69, 9.17) is 5.73 Å². The summed E-state index contributed by atoms with van der Waals surface area (Å²) in [5.41, 5.74) is 6.19. The van der Waals surface area contributed by atoms with Crippen LogP contribution >= 0.6 is 0 Å². The SMILES string of the molecule is CCCn1ccnc1CN1CC[C@]1(CCCc1cnccn1)C(N)=O. The second-order valence-electron chi connectivity index (χ2n) is 6.65. The van der Waals surface area contributed by atoms with E-state index in [1.54, 1.807) is 18.6 Å². The smallest absolute Gasteiger partial charge is 0.238 e. The van der Waals surface area contributed by atoms with Gasteiger partial charge in [0.1, 0.15) is 11.4 Å². The van der Waals surface area contributed by atoms with Crippen LogP contribution in [0.5, 0.6) is 0 Å². The second kappa shape index (κ2) is 7.74. The number of carbonyl (C=O) groups is 1. The molecule has 0 spiro atoms. The molecule has 7 nitrogen and oxygen atoms in total. The maximum absolute atomic E-state index is 12.2. The molecule has 2 aromatic heterocycles. The van der Waals surface area contributed by atoms with Crippen LogP contribution in [0.1, 0.15) is 44.1 Å². The lowest BCUT2D eigenvalue weighted by Crippen LogP contribution is -2.66. The molecule has 134 valence electrons. The molecule has 1 aliphatic rings. The summed E-state index contributed by atoms with van der Waals surface area (Å²) in [4.78, 5) is 27.2. The van der Waals surface area contributed by atoms with E-state index in [1.165, 1.54) is 0 Å². The summed E-state index contributed by atoms with van der Waals surface area (Å²) in [5, 5.41) is 0. The number of rotatable bonds is 9. The predicted molar refractivity (Wildman–Crippen MR) is 94.4 cm³/mol. The number of likely N-dealkylation sites (tertiary alicyclic amines) is 1. The molecular weight excluding hydrogens is 316 g/mol. The molecule has 0 bridgehead atoms. The summed E-state index contributed by atoms with van der Waals surface area (Å²) in [5.74, 6) is 0.771. The van der Waals surface area contributed by atoms with Gasteiger partial charge in [0, 0.05) is 44.1 Å². The zero-order valence-corrected chi connectivity index (χ0v) is 14.8. The van der Waals surface area contributed by atoms with Crippen molar-refractivity contribution >= 4 is 5.91 Å². The molecule has 0 aliphatic carbocycles. The first-order chi connectivity index (χ1) is 12.2. The van der Waals surface area contributed by atoms with E-state index in [-0.39, 0.29) is 5.91 Å². The molecule has 3 heterocycles. The third-order valence-electron chi connectivity index (χ3n) is 5.10. The van der Waals surface area contributed by atoms with Gasteiger partial charge in [0.25, 0.3) is 0 Å². The summed E-state index contributed by atoms with van der Waals surface area (Å²) < 4.78 is 2.16. The number of primary amides is 1. The van der Waals surface area contributed by atoms with Crippen molar-refractivity contribution in [3.8, 4) is 0 Å². The van der Waals surface area contributed by atoms with Crippen LogP contribution < -0.4 is 5.73 Å². The van der Waals surface area contributed by atoms with Gasteiger partial charge in [-0.3, -0.25) is 19.7 Å². The van der Waals surface area contributed by atoms with Crippen LogP contribution in [0.15, 0.2) is 31.0 Å². The van der Waals surface area contributed by atoms with E-state index in [0.29, 0.717) is 6.54 Å². The molecule has 7 heteroatoms. The van der Waals surface area contributed by atoms with Crippen molar-refractivity contribution in [2.45, 2.75) is 57.7 Å². The Kier molecular flexibility index (Phi) is 5.43. The largest absolute Gasteiger partial charge is 0.368 e. The minimum Gasteiger partial charge on any atom is -0.368 e. The summed E-state index contributed by atoms with van der Waals surface area (Å²) in [7, 11) is 0. The number of hydrogen-bond acceptors (Lipinski definition) is 5. The van der Waals surface area contributed by atoms with E-state index in [1.807, 2.05) is 12.4 Å². The monoisotopic (exact) mass is 342 g/mol. The summed E-state index contributed by atoms with van der Waals surface area (Å²) in [6.07, 6.45) is 13.2. The molecule has 0 unspecified atom stereocenters. The molecule has 0 saturated carbocycles. The minimum atomic E-state index is -0.550. The van der Waals surface area contributed by atoms with Crippen LogP contribution in [-0.4, -0.2) is 42.4 Å². The standard InChI is InChI=1S/C18H26N6O/c1-2-10-23-12-9-22-16(23)14-24-11-6-18(24,17(19)25)5-3-4-15-13-20-7-8-21-15/h7-9,12-13H,2-6,10-11,14H2,1H3,(H2,19,25)/t18-/m1/s1. The van der Waals surface area contributed by atoms with Crippen molar-refractivity contribution in [3.05, 3.63) is 42.5 Å². The fourth-order valence-corrected chi connectivity index (χ4v) is 3.58. The van der Waals surface area contributed by atoms with Crippen LogP contribution in [0.4, 0.5) is 0 Å². The number of amides is 1. The molecule has 2 N–H and O–H groups in total. The predicted octanol–water partition coefficient (Wildman–Crippen LogP) is 1.54. The number of aromatic nitrogens is 4. The number of nitrogens with two attached hydrogens (primary N) is 1. The van der Waals surface area contributed by atoms with E-state index in [2.05, 4.69) is 31.3 Å². The van der Waals surface area contributed by atoms with Gasteiger partial charge in [-0.2, -0.15) is 0 Å². The number of nitrogens with zero attached hydrogens (tertiary/aromatic N) is 5. The average Bonchev–Trinajstić information content (AvgIpc) is 3.03. The molecular formula is C18H26N6O. The minimum absolute atomic E-state index is 0.230. The normalized spacial score (nSPS) is 20.4. The highest BCUT2D eigenvalue weighted by molar-refractivity contribution is 5.85. The van der Waals surface area contributed by atoms with Crippen LogP contribution in [0.2, 0.25) is 0 Å². The lowest BCUT2D eigenvalue weighted by Gasteiger charge is -2.50. The van der Waals surface area contributed by atoms with Crippen molar-refractivity contribution in [3.63, 3.8) is 0 Å². The molecule has 2 aromatic rings. The van der Waals surface area contributed by atoms with E-state index in [0.717, 1.165) is 56.7 Å². The fraction of sp³-hybridized carbons (Fsp3) is 0.556. The Morgan fingerprint density at radius 2 is 2.20 bits per heavy atom. The number of hydrogen-bond donors (Lipinski definition) is 1. The highest BCUT2D eigenvalue weighted by atomic mass is 16.1. The third-order valence-corrected chi connectivity index (χ3v) is 5.10. The first kappa shape index (κ1) is 17.5.